The molecule has 0 aliphatic heterocycles. The second-order valence-corrected chi connectivity index (χ2v) is 9.37. The normalized spacial score (nSPS) is 11.4. The first-order chi connectivity index (χ1) is 13.6. The van der Waals surface area contributed by atoms with Crippen molar-refractivity contribution < 1.29 is 4.79 Å². The van der Waals surface area contributed by atoms with Crippen LogP contribution < -0.4 is 5.43 Å². The van der Waals surface area contributed by atoms with Gasteiger partial charge in [-0.1, -0.05) is 64.7 Å². The molecule has 0 fully saturated rings. The standard InChI is InChI=1S/C18H16ClN5OS3/c1-12(14-3-2-8-20-9-14)21-22-16(25)11-27-18-24-23-17(28-18)26-10-13-4-6-15(19)7-5-13/h2-9H,10-11H2,1H3,(H,22,25)/b21-12-. The number of aromatic nitrogens is 3. The fourth-order valence-electron chi connectivity index (χ4n) is 1.99. The van der Waals surface area contributed by atoms with Crippen molar-refractivity contribution in [2.45, 2.75) is 21.4 Å². The fourth-order valence-corrected chi connectivity index (χ4v) is 4.88. The van der Waals surface area contributed by atoms with Crippen LogP contribution in [0, 0.1) is 0 Å². The molecule has 0 radical (unpaired) electrons. The molecular formula is C18H16ClN5OS3. The minimum atomic E-state index is -0.196. The molecule has 3 rings (SSSR count). The van der Waals surface area contributed by atoms with Gasteiger partial charge in [0.05, 0.1) is 11.5 Å². The largest absolute Gasteiger partial charge is 0.272 e. The van der Waals surface area contributed by atoms with Crippen LogP contribution in [0.5, 0.6) is 0 Å². The monoisotopic (exact) mass is 449 g/mol. The van der Waals surface area contributed by atoms with Crippen molar-refractivity contribution in [2.75, 3.05) is 5.75 Å². The van der Waals surface area contributed by atoms with E-state index in [1.807, 2.05) is 43.3 Å². The van der Waals surface area contributed by atoms with E-state index in [9.17, 15) is 4.79 Å². The number of carbonyl (C=O) groups excluding carboxylic acids is 1. The molecule has 1 aromatic carbocycles. The van der Waals surface area contributed by atoms with E-state index < -0.39 is 0 Å². The number of amides is 1. The average Bonchev–Trinajstić information content (AvgIpc) is 3.18. The number of hydrazone groups is 1. The van der Waals surface area contributed by atoms with Gasteiger partial charge in [0.1, 0.15) is 0 Å². The summed E-state index contributed by atoms with van der Waals surface area (Å²) in [5, 5.41) is 13.1. The van der Waals surface area contributed by atoms with Gasteiger partial charge in [0.2, 0.25) is 0 Å². The lowest BCUT2D eigenvalue weighted by Crippen LogP contribution is -2.21. The zero-order chi connectivity index (χ0) is 19.8. The highest BCUT2D eigenvalue weighted by Gasteiger charge is 2.09. The number of hydrogen-bond donors (Lipinski definition) is 1. The van der Waals surface area contributed by atoms with Gasteiger partial charge >= 0.3 is 0 Å². The summed E-state index contributed by atoms with van der Waals surface area (Å²) in [6.45, 7) is 1.82. The van der Waals surface area contributed by atoms with Gasteiger partial charge in [0, 0.05) is 28.7 Å². The summed E-state index contributed by atoms with van der Waals surface area (Å²) in [4.78, 5) is 16.0. The lowest BCUT2D eigenvalue weighted by atomic mass is 10.2. The van der Waals surface area contributed by atoms with Crippen LogP contribution in [0.25, 0.3) is 0 Å². The van der Waals surface area contributed by atoms with Crippen LogP contribution in [-0.4, -0.2) is 32.6 Å². The minimum absolute atomic E-state index is 0.196. The van der Waals surface area contributed by atoms with Gasteiger partial charge < -0.3 is 0 Å². The molecule has 3 aromatic rings. The zero-order valence-electron chi connectivity index (χ0n) is 14.8. The van der Waals surface area contributed by atoms with Gasteiger partial charge in [0.25, 0.3) is 5.91 Å². The number of rotatable bonds is 8. The first-order valence-corrected chi connectivity index (χ1v) is 11.3. The maximum atomic E-state index is 12.0. The highest BCUT2D eigenvalue weighted by Crippen LogP contribution is 2.30. The Kier molecular flexibility index (Phi) is 7.84. The van der Waals surface area contributed by atoms with Crippen LogP contribution in [0.4, 0.5) is 0 Å². The Bertz CT molecular complexity index is 947. The molecule has 2 heterocycles. The summed E-state index contributed by atoms with van der Waals surface area (Å²) in [5.74, 6) is 0.818. The summed E-state index contributed by atoms with van der Waals surface area (Å²) in [6, 6.07) is 11.4. The summed E-state index contributed by atoms with van der Waals surface area (Å²) < 4.78 is 1.62. The average molecular weight is 450 g/mol. The number of nitrogens with one attached hydrogen (secondary N) is 1. The molecule has 0 unspecified atom stereocenters. The Balaban J connectivity index is 1.43. The van der Waals surface area contributed by atoms with E-state index in [-0.39, 0.29) is 11.7 Å². The molecular weight excluding hydrogens is 434 g/mol. The summed E-state index contributed by atoms with van der Waals surface area (Å²) >= 11 is 10.3. The molecule has 144 valence electrons. The quantitative estimate of drug-likeness (QED) is 0.309. The second kappa shape index (κ2) is 10.6. The lowest BCUT2D eigenvalue weighted by molar-refractivity contribution is -0.118. The summed E-state index contributed by atoms with van der Waals surface area (Å²) in [5.41, 5.74) is 5.28. The Hall–Kier alpha value is -1.94. The van der Waals surface area contributed by atoms with Crippen LogP contribution >= 0.6 is 46.5 Å². The van der Waals surface area contributed by atoms with Gasteiger partial charge in [-0.05, 0) is 30.7 Å². The van der Waals surface area contributed by atoms with Crippen molar-refractivity contribution in [1.29, 1.82) is 0 Å². The number of hydrogen-bond acceptors (Lipinski definition) is 8. The van der Waals surface area contributed by atoms with Crippen LogP contribution in [0.3, 0.4) is 0 Å². The smallest absolute Gasteiger partial charge is 0.250 e. The Labute approximate surface area is 180 Å². The van der Waals surface area contributed by atoms with Gasteiger partial charge in [0.15, 0.2) is 8.68 Å². The van der Waals surface area contributed by atoms with Crippen LogP contribution in [0.1, 0.15) is 18.1 Å². The number of benzene rings is 1. The maximum absolute atomic E-state index is 12.0. The first-order valence-electron chi connectivity index (χ1n) is 8.17. The third kappa shape index (κ3) is 6.59. The van der Waals surface area contributed by atoms with Crippen LogP contribution in [0.15, 0.2) is 62.6 Å². The van der Waals surface area contributed by atoms with Crippen molar-refractivity contribution in [1.82, 2.24) is 20.6 Å². The Morgan fingerprint density at radius 2 is 1.93 bits per heavy atom. The van der Waals surface area contributed by atoms with E-state index in [4.69, 9.17) is 11.6 Å². The highest BCUT2D eigenvalue weighted by molar-refractivity contribution is 8.03. The molecule has 0 bridgehead atoms. The van der Waals surface area contributed by atoms with E-state index >= 15 is 0 Å². The van der Waals surface area contributed by atoms with Crippen molar-refractivity contribution in [3.8, 4) is 0 Å². The molecule has 0 atom stereocenters. The first kappa shape index (κ1) is 20.8. The van der Waals surface area contributed by atoms with Crippen molar-refractivity contribution in [3.63, 3.8) is 0 Å². The molecule has 0 aliphatic carbocycles. The van der Waals surface area contributed by atoms with Gasteiger partial charge in [-0.2, -0.15) is 5.10 Å². The van der Waals surface area contributed by atoms with Crippen molar-refractivity contribution in [2.24, 2.45) is 5.10 Å². The van der Waals surface area contributed by atoms with Crippen LogP contribution in [0.2, 0.25) is 5.02 Å². The fraction of sp³-hybridized carbons (Fsp3) is 0.167. The van der Waals surface area contributed by atoms with E-state index in [0.29, 0.717) is 5.71 Å². The van der Waals surface area contributed by atoms with E-state index in [2.05, 4.69) is 25.7 Å². The highest BCUT2D eigenvalue weighted by atomic mass is 35.5. The van der Waals surface area contributed by atoms with Crippen LogP contribution in [-0.2, 0) is 10.5 Å². The predicted octanol–water partition coefficient (Wildman–Crippen LogP) is 4.51. The zero-order valence-corrected chi connectivity index (χ0v) is 18.0. The number of thioether (sulfide) groups is 2. The Morgan fingerprint density at radius 3 is 2.64 bits per heavy atom. The molecule has 10 heteroatoms. The summed E-state index contributed by atoms with van der Waals surface area (Å²) in [7, 11) is 0. The number of halogens is 1. The minimum Gasteiger partial charge on any atom is -0.272 e. The van der Waals surface area contributed by atoms with E-state index in [1.165, 1.54) is 28.7 Å². The Morgan fingerprint density at radius 1 is 1.18 bits per heavy atom. The SMILES string of the molecule is C/C(=N/NC(=O)CSc1nnc(SCc2ccc(Cl)cc2)s1)c1cccnc1. The number of pyridine rings is 1. The van der Waals surface area contributed by atoms with Gasteiger partial charge in [-0.25, -0.2) is 5.43 Å². The lowest BCUT2D eigenvalue weighted by Gasteiger charge is -2.01. The molecule has 2 aromatic heterocycles. The molecule has 0 aliphatic rings. The topological polar surface area (TPSA) is 80.1 Å². The maximum Gasteiger partial charge on any atom is 0.250 e. The van der Waals surface area contributed by atoms with E-state index in [1.54, 1.807) is 24.2 Å². The molecule has 0 spiro atoms. The summed E-state index contributed by atoms with van der Waals surface area (Å²) in [6.07, 6.45) is 3.39. The molecule has 0 saturated carbocycles. The third-order valence-corrected chi connectivity index (χ3v) is 6.93. The number of carbonyl (C=O) groups is 1. The molecule has 1 amide bonds. The van der Waals surface area contributed by atoms with Gasteiger partial charge in [-0.15, -0.1) is 10.2 Å². The third-order valence-electron chi connectivity index (χ3n) is 3.42. The molecule has 28 heavy (non-hydrogen) atoms. The molecule has 1 N–H and O–H groups in total. The predicted molar refractivity (Wildman–Crippen MR) is 116 cm³/mol. The second-order valence-electron chi connectivity index (χ2n) is 5.51. The van der Waals surface area contributed by atoms with E-state index in [0.717, 1.165) is 25.0 Å². The van der Waals surface area contributed by atoms with Gasteiger partial charge in [-0.3, -0.25) is 9.78 Å². The molecule has 6 nitrogen and oxygen atoms in total. The van der Waals surface area contributed by atoms with Crippen molar-refractivity contribution in [3.05, 3.63) is 64.9 Å². The van der Waals surface area contributed by atoms with Crippen molar-refractivity contribution >= 4 is 58.1 Å². The molecule has 0 saturated heterocycles. The number of nitrogens with zero attached hydrogens (tertiary/aromatic N) is 4.